The molecule has 1 rings (SSSR count). The fourth-order valence-corrected chi connectivity index (χ4v) is 1.47. The average Bonchev–Trinajstić information content (AvgIpc) is 2.12. The van der Waals surface area contributed by atoms with E-state index in [1.54, 1.807) is 0 Å². The van der Waals surface area contributed by atoms with Crippen molar-refractivity contribution in [2.24, 2.45) is 0 Å². The van der Waals surface area contributed by atoms with Crippen LogP contribution in [-0.2, 0) is 12.6 Å². The summed E-state index contributed by atoms with van der Waals surface area (Å²) in [5.74, 6) is 2.42. The highest BCUT2D eigenvalue weighted by molar-refractivity contribution is 6.31. The van der Waals surface area contributed by atoms with Crippen LogP contribution in [-0.4, -0.2) is 0 Å². The standard InChI is InChI=1S/C11H8ClF3/c1-2-3-4-8-5-6-9(10(12)7-8)11(13,14)15/h1,5-7H,3-4H2. The second kappa shape index (κ2) is 4.59. The molecule has 0 aliphatic rings. The van der Waals surface area contributed by atoms with Crippen LogP contribution >= 0.6 is 11.6 Å². The summed E-state index contributed by atoms with van der Waals surface area (Å²) < 4.78 is 36.9. The molecule has 15 heavy (non-hydrogen) atoms. The highest BCUT2D eigenvalue weighted by Crippen LogP contribution is 2.34. The molecule has 0 N–H and O–H groups in total. The van der Waals surface area contributed by atoms with Gasteiger partial charge < -0.3 is 0 Å². The Morgan fingerprint density at radius 1 is 1.33 bits per heavy atom. The van der Waals surface area contributed by atoms with Crippen molar-refractivity contribution in [3.05, 3.63) is 34.3 Å². The predicted octanol–water partition coefficient (Wildman–Crippen LogP) is 3.92. The van der Waals surface area contributed by atoms with Gasteiger partial charge in [0.05, 0.1) is 10.6 Å². The van der Waals surface area contributed by atoms with Crippen LogP contribution in [0, 0.1) is 12.3 Å². The summed E-state index contributed by atoms with van der Waals surface area (Å²) in [5.41, 5.74) is -0.0976. The van der Waals surface area contributed by atoms with E-state index in [-0.39, 0.29) is 5.02 Å². The zero-order valence-corrected chi connectivity index (χ0v) is 8.49. The van der Waals surface area contributed by atoms with E-state index in [0.717, 1.165) is 6.07 Å². The molecule has 0 fully saturated rings. The minimum Gasteiger partial charge on any atom is -0.166 e. The zero-order chi connectivity index (χ0) is 11.5. The van der Waals surface area contributed by atoms with E-state index in [1.165, 1.54) is 12.1 Å². The molecule has 0 saturated heterocycles. The third-order valence-corrected chi connectivity index (χ3v) is 2.21. The Labute approximate surface area is 91.1 Å². The van der Waals surface area contributed by atoms with Crippen molar-refractivity contribution in [3.63, 3.8) is 0 Å². The Kier molecular flexibility index (Phi) is 3.65. The molecule has 1 aromatic carbocycles. The van der Waals surface area contributed by atoms with E-state index < -0.39 is 11.7 Å². The first-order chi connectivity index (χ1) is 6.95. The normalized spacial score (nSPS) is 11.1. The van der Waals surface area contributed by atoms with E-state index in [0.29, 0.717) is 18.4 Å². The van der Waals surface area contributed by atoms with Crippen LogP contribution in [0.1, 0.15) is 17.5 Å². The van der Waals surface area contributed by atoms with Crippen LogP contribution in [0.4, 0.5) is 13.2 Å². The predicted molar refractivity (Wildman–Crippen MR) is 53.6 cm³/mol. The van der Waals surface area contributed by atoms with Crippen molar-refractivity contribution >= 4 is 11.6 Å². The van der Waals surface area contributed by atoms with Gasteiger partial charge in [0.15, 0.2) is 0 Å². The lowest BCUT2D eigenvalue weighted by molar-refractivity contribution is -0.137. The van der Waals surface area contributed by atoms with E-state index in [1.807, 2.05) is 0 Å². The average molecular weight is 233 g/mol. The summed E-state index contributed by atoms with van der Waals surface area (Å²) in [6.45, 7) is 0. The van der Waals surface area contributed by atoms with Crippen LogP contribution in [0.5, 0.6) is 0 Å². The summed E-state index contributed by atoms with van der Waals surface area (Å²) >= 11 is 5.52. The van der Waals surface area contributed by atoms with E-state index in [2.05, 4.69) is 5.92 Å². The number of benzene rings is 1. The molecule has 0 radical (unpaired) electrons. The highest BCUT2D eigenvalue weighted by atomic mass is 35.5. The van der Waals surface area contributed by atoms with Crippen molar-refractivity contribution in [1.82, 2.24) is 0 Å². The number of alkyl halides is 3. The molecular weight excluding hydrogens is 225 g/mol. The van der Waals surface area contributed by atoms with E-state index in [4.69, 9.17) is 18.0 Å². The molecule has 0 saturated carbocycles. The van der Waals surface area contributed by atoms with E-state index >= 15 is 0 Å². The molecule has 0 heterocycles. The first kappa shape index (κ1) is 11.9. The molecule has 0 atom stereocenters. The maximum absolute atomic E-state index is 12.3. The number of terminal acetylenes is 1. The van der Waals surface area contributed by atoms with Gasteiger partial charge in [-0.3, -0.25) is 0 Å². The first-order valence-corrected chi connectivity index (χ1v) is 4.62. The minimum absolute atomic E-state index is 0.281. The van der Waals surface area contributed by atoms with Crippen LogP contribution in [0.3, 0.4) is 0 Å². The van der Waals surface area contributed by atoms with Crippen LogP contribution < -0.4 is 0 Å². The Morgan fingerprint density at radius 3 is 2.47 bits per heavy atom. The van der Waals surface area contributed by atoms with Crippen molar-refractivity contribution in [3.8, 4) is 12.3 Å². The molecule has 4 heteroatoms. The molecule has 0 aliphatic heterocycles. The van der Waals surface area contributed by atoms with Crippen molar-refractivity contribution in [2.75, 3.05) is 0 Å². The van der Waals surface area contributed by atoms with Gasteiger partial charge in [-0.25, -0.2) is 0 Å². The molecule has 0 aliphatic carbocycles. The molecule has 0 unspecified atom stereocenters. The monoisotopic (exact) mass is 232 g/mol. The second-order valence-electron chi connectivity index (χ2n) is 3.02. The molecule has 0 nitrogen and oxygen atoms in total. The van der Waals surface area contributed by atoms with Gasteiger partial charge >= 0.3 is 6.18 Å². The molecular formula is C11H8ClF3. The number of hydrogen-bond donors (Lipinski definition) is 0. The summed E-state index contributed by atoms with van der Waals surface area (Å²) in [6, 6.07) is 3.68. The molecule has 1 aromatic rings. The molecule has 0 amide bonds. The molecule has 80 valence electrons. The fourth-order valence-electron chi connectivity index (χ4n) is 1.16. The lowest BCUT2D eigenvalue weighted by Crippen LogP contribution is -2.05. The summed E-state index contributed by atoms with van der Waals surface area (Å²) in [4.78, 5) is 0. The van der Waals surface area contributed by atoms with Crippen LogP contribution in [0.15, 0.2) is 18.2 Å². The van der Waals surface area contributed by atoms with Gasteiger partial charge in [0.1, 0.15) is 0 Å². The van der Waals surface area contributed by atoms with Gasteiger partial charge in [0.2, 0.25) is 0 Å². The van der Waals surface area contributed by atoms with Gasteiger partial charge in [0.25, 0.3) is 0 Å². The Morgan fingerprint density at radius 2 is 2.00 bits per heavy atom. The maximum atomic E-state index is 12.3. The number of halogens is 4. The SMILES string of the molecule is C#CCCc1ccc(C(F)(F)F)c(Cl)c1. The smallest absolute Gasteiger partial charge is 0.166 e. The molecule has 0 spiro atoms. The van der Waals surface area contributed by atoms with Gasteiger partial charge in [-0.1, -0.05) is 17.7 Å². The number of aryl methyl sites for hydroxylation is 1. The summed E-state index contributed by atoms with van der Waals surface area (Å²) in [6.07, 6.45) is 1.67. The van der Waals surface area contributed by atoms with Gasteiger partial charge in [-0.15, -0.1) is 12.3 Å². The lowest BCUT2D eigenvalue weighted by Gasteiger charge is -2.09. The first-order valence-electron chi connectivity index (χ1n) is 4.24. The zero-order valence-electron chi connectivity index (χ0n) is 7.74. The highest BCUT2D eigenvalue weighted by Gasteiger charge is 2.32. The summed E-state index contributed by atoms with van der Waals surface area (Å²) in [7, 11) is 0. The number of rotatable bonds is 2. The number of hydrogen-bond acceptors (Lipinski definition) is 0. The molecule has 0 aromatic heterocycles. The second-order valence-corrected chi connectivity index (χ2v) is 3.42. The third kappa shape index (κ3) is 3.17. The minimum atomic E-state index is -4.40. The van der Waals surface area contributed by atoms with Gasteiger partial charge in [-0.05, 0) is 24.1 Å². The lowest BCUT2D eigenvalue weighted by atomic mass is 10.1. The third-order valence-electron chi connectivity index (χ3n) is 1.90. The van der Waals surface area contributed by atoms with Crippen LogP contribution in [0.25, 0.3) is 0 Å². The van der Waals surface area contributed by atoms with E-state index in [9.17, 15) is 13.2 Å². The van der Waals surface area contributed by atoms with Crippen LogP contribution in [0.2, 0.25) is 5.02 Å². The van der Waals surface area contributed by atoms with Crippen molar-refractivity contribution in [1.29, 1.82) is 0 Å². The fraction of sp³-hybridized carbons (Fsp3) is 0.273. The van der Waals surface area contributed by atoms with Crippen molar-refractivity contribution in [2.45, 2.75) is 19.0 Å². The summed E-state index contributed by atoms with van der Waals surface area (Å²) in [5, 5.41) is -0.281. The largest absolute Gasteiger partial charge is 0.417 e. The van der Waals surface area contributed by atoms with Gasteiger partial charge in [-0.2, -0.15) is 13.2 Å². The quantitative estimate of drug-likeness (QED) is 0.678. The topological polar surface area (TPSA) is 0 Å². The Balaban J connectivity index is 2.94. The van der Waals surface area contributed by atoms with Gasteiger partial charge in [0, 0.05) is 6.42 Å². The molecule has 0 bridgehead atoms. The Bertz CT molecular complexity index is 388. The van der Waals surface area contributed by atoms with Crippen molar-refractivity contribution < 1.29 is 13.2 Å². The Hall–Kier alpha value is -1.14. The maximum Gasteiger partial charge on any atom is 0.417 e.